The highest BCUT2D eigenvalue weighted by molar-refractivity contribution is 9.10. The molecule has 0 saturated carbocycles. The van der Waals surface area contributed by atoms with Crippen molar-refractivity contribution in [1.82, 2.24) is 5.32 Å². The van der Waals surface area contributed by atoms with Gasteiger partial charge in [0, 0.05) is 36.9 Å². The maximum Gasteiger partial charge on any atom is 0.0635 e. The van der Waals surface area contributed by atoms with Gasteiger partial charge >= 0.3 is 0 Å². The third kappa shape index (κ3) is 3.95. The summed E-state index contributed by atoms with van der Waals surface area (Å²) in [5.41, 5.74) is 2.49. The molecule has 1 heterocycles. The zero-order valence-electron chi connectivity index (χ0n) is 11.9. The SMILES string of the molecule is COCCNCc1cc(Br)ccc1N1CCCC1CO. The summed E-state index contributed by atoms with van der Waals surface area (Å²) in [6.07, 6.45) is 2.22. The molecule has 1 saturated heterocycles. The first-order valence-electron chi connectivity index (χ1n) is 7.12. The summed E-state index contributed by atoms with van der Waals surface area (Å²) in [5, 5.41) is 12.9. The van der Waals surface area contributed by atoms with Gasteiger partial charge in [0.25, 0.3) is 0 Å². The number of rotatable bonds is 7. The van der Waals surface area contributed by atoms with E-state index in [2.05, 4.69) is 44.3 Å². The number of hydrogen-bond acceptors (Lipinski definition) is 4. The van der Waals surface area contributed by atoms with E-state index < -0.39 is 0 Å². The van der Waals surface area contributed by atoms with Crippen molar-refractivity contribution in [3.8, 4) is 0 Å². The summed E-state index contributed by atoms with van der Waals surface area (Å²) in [6.45, 7) is 3.62. The van der Waals surface area contributed by atoms with E-state index in [0.717, 1.165) is 36.9 Å². The van der Waals surface area contributed by atoms with Gasteiger partial charge in [0.2, 0.25) is 0 Å². The van der Waals surface area contributed by atoms with Crippen LogP contribution in [0.5, 0.6) is 0 Å². The highest BCUT2D eigenvalue weighted by Gasteiger charge is 2.25. The van der Waals surface area contributed by atoms with Crippen molar-refractivity contribution in [2.24, 2.45) is 0 Å². The first kappa shape index (κ1) is 15.8. The number of anilines is 1. The molecule has 0 aromatic heterocycles. The van der Waals surface area contributed by atoms with E-state index in [-0.39, 0.29) is 12.6 Å². The summed E-state index contributed by atoms with van der Waals surface area (Å²) < 4.78 is 6.14. The second-order valence-electron chi connectivity index (χ2n) is 5.11. The van der Waals surface area contributed by atoms with Gasteiger partial charge in [-0.1, -0.05) is 15.9 Å². The Bertz CT molecular complexity index is 428. The number of methoxy groups -OCH3 is 1. The van der Waals surface area contributed by atoms with Crippen molar-refractivity contribution < 1.29 is 9.84 Å². The van der Waals surface area contributed by atoms with E-state index in [1.807, 2.05) is 0 Å². The minimum atomic E-state index is 0.229. The number of ether oxygens (including phenoxy) is 1. The summed E-state index contributed by atoms with van der Waals surface area (Å²) in [7, 11) is 1.71. The molecular weight excluding hydrogens is 320 g/mol. The molecule has 1 aliphatic rings. The van der Waals surface area contributed by atoms with Crippen LogP contribution in [0.1, 0.15) is 18.4 Å². The minimum Gasteiger partial charge on any atom is -0.394 e. The van der Waals surface area contributed by atoms with Crippen molar-refractivity contribution in [2.45, 2.75) is 25.4 Å². The van der Waals surface area contributed by atoms with Crippen LogP contribution in [0.2, 0.25) is 0 Å². The highest BCUT2D eigenvalue weighted by atomic mass is 79.9. The van der Waals surface area contributed by atoms with Crippen LogP contribution < -0.4 is 10.2 Å². The summed E-state index contributed by atoms with van der Waals surface area (Å²) >= 11 is 3.54. The summed E-state index contributed by atoms with van der Waals surface area (Å²) in [4.78, 5) is 2.33. The van der Waals surface area contributed by atoms with Gasteiger partial charge in [-0.15, -0.1) is 0 Å². The van der Waals surface area contributed by atoms with Crippen molar-refractivity contribution in [3.63, 3.8) is 0 Å². The largest absolute Gasteiger partial charge is 0.394 e. The van der Waals surface area contributed by atoms with E-state index in [4.69, 9.17) is 4.74 Å². The van der Waals surface area contributed by atoms with Gasteiger partial charge in [0.15, 0.2) is 0 Å². The van der Waals surface area contributed by atoms with Crippen LogP contribution in [0, 0.1) is 0 Å². The summed E-state index contributed by atoms with van der Waals surface area (Å²) in [6, 6.07) is 6.63. The monoisotopic (exact) mass is 342 g/mol. The van der Waals surface area contributed by atoms with Crippen LogP contribution in [-0.2, 0) is 11.3 Å². The summed E-state index contributed by atoms with van der Waals surface area (Å²) in [5.74, 6) is 0. The molecule has 5 heteroatoms. The quantitative estimate of drug-likeness (QED) is 0.745. The number of aliphatic hydroxyl groups excluding tert-OH is 1. The lowest BCUT2D eigenvalue weighted by molar-refractivity contribution is 0.199. The van der Waals surface area contributed by atoms with Crippen molar-refractivity contribution in [1.29, 1.82) is 0 Å². The molecule has 0 aliphatic carbocycles. The molecule has 1 aromatic carbocycles. The molecule has 1 aliphatic heterocycles. The first-order valence-corrected chi connectivity index (χ1v) is 7.91. The zero-order chi connectivity index (χ0) is 14.4. The molecule has 1 atom stereocenters. The lowest BCUT2D eigenvalue weighted by Gasteiger charge is -2.28. The Labute approximate surface area is 129 Å². The molecule has 1 aromatic rings. The van der Waals surface area contributed by atoms with Crippen molar-refractivity contribution in [3.05, 3.63) is 28.2 Å². The van der Waals surface area contributed by atoms with Crippen molar-refractivity contribution in [2.75, 3.05) is 38.3 Å². The number of aliphatic hydroxyl groups is 1. The molecule has 0 radical (unpaired) electrons. The molecule has 0 bridgehead atoms. The zero-order valence-corrected chi connectivity index (χ0v) is 13.5. The Morgan fingerprint density at radius 2 is 2.35 bits per heavy atom. The lowest BCUT2D eigenvalue weighted by Crippen LogP contribution is -2.33. The van der Waals surface area contributed by atoms with Gasteiger partial charge in [-0.25, -0.2) is 0 Å². The van der Waals surface area contributed by atoms with Gasteiger partial charge < -0.3 is 20.1 Å². The standard InChI is InChI=1S/C15H23BrN2O2/c1-20-8-6-17-10-12-9-13(16)4-5-15(12)18-7-2-3-14(18)11-19/h4-5,9,14,17,19H,2-3,6-8,10-11H2,1H3. The molecule has 4 nitrogen and oxygen atoms in total. The Morgan fingerprint density at radius 1 is 1.50 bits per heavy atom. The number of nitrogens with zero attached hydrogens (tertiary/aromatic N) is 1. The Balaban J connectivity index is 2.10. The third-order valence-electron chi connectivity index (χ3n) is 3.74. The topological polar surface area (TPSA) is 44.7 Å². The fourth-order valence-electron chi connectivity index (χ4n) is 2.72. The Kier molecular flexibility index (Phi) is 6.29. The number of benzene rings is 1. The van der Waals surface area contributed by atoms with Gasteiger partial charge in [0.05, 0.1) is 19.3 Å². The van der Waals surface area contributed by atoms with Crippen LogP contribution in [0.15, 0.2) is 22.7 Å². The second-order valence-corrected chi connectivity index (χ2v) is 6.03. The molecule has 1 fully saturated rings. The van der Waals surface area contributed by atoms with E-state index in [1.165, 1.54) is 11.3 Å². The van der Waals surface area contributed by atoms with Crippen LogP contribution in [-0.4, -0.2) is 44.6 Å². The van der Waals surface area contributed by atoms with Crippen LogP contribution >= 0.6 is 15.9 Å². The van der Waals surface area contributed by atoms with E-state index in [1.54, 1.807) is 7.11 Å². The molecule has 112 valence electrons. The Morgan fingerprint density at radius 3 is 3.10 bits per heavy atom. The number of nitrogens with one attached hydrogen (secondary N) is 1. The van der Waals surface area contributed by atoms with E-state index in [0.29, 0.717) is 6.61 Å². The van der Waals surface area contributed by atoms with E-state index in [9.17, 15) is 5.11 Å². The fraction of sp³-hybridized carbons (Fsp3) is 0.600. The maximum absolute atomic E-state index is 9.51. The number of hydrogen-bond donors (Lipinski definition) is 2. The predicted molar refractivity (Wildman–Crippen MR) is 85.2 cm³/mol. The highest BCUT2D eigenvalue weighted by Crippen LogP contribution is 2.30. The van der Waals surface area contributed by atoms with Gasteiger partial charge in [-0.05, 0) is 36.6 Å². The van der Waals surface area contributed by atoms with Crippen LogP contribution in [0.3, 0.4) is 0 Å². The van der Waals surface area contributed by atoms with E-state index >= 15 is 0 Å². The predicted octanol–water partition coefficient (Wildman–Crippen LogP) is 2.15. The molecule has 0 amide bonds. The van der Waals surface area contributed by atoms with Gasteiger partial charge in [-0.2, -0.15) is 0 Å². The molecule has 2 rings (SSSR count). The van der Waals surface area contributed by atoms with Crippen LogP contribution in [0.4, 0.5) is 5.69 Å². The smallest absolute Gasteiger partial charge is 0.0635 e. The molecule has 1 unspecified atom stereocenters. The average Bonchev–Trinajstić information content (AvgIpc) is 2.92. The first-order chi connectivity index (χ1) is 9.76. The second kappa shape index (κ2) is 7.98. The molecular formula is C15H23BrN2O2. The maximum atomic E-state index is 9.51. The molecule has 2 N–H and O–H groups in total. The lowest BCUT2D eigenvalue weighted by atomic mass is 10.1. The Hall–Kier alpha value is -0.620. The van der Waals surface area contributed by atoms with Gasteiger partial charge in [-0.3, -0.25) is 0 Å². The van der Waals surface area contributed by atoms with Gasteiger partial charge in [0.1, 0.15) is 0 Å². The third-order valence-corrected chi connectivity index (χ3v) is 4.23. The number of halogens is 1. The molecule has 20 heavy (non-hydrogen) atoms. The minimum absolute atomic E-state index is 0.229. The fourth-order valence-corrected chi connectivity index (χ4v) is 3.12. The normalized spacial score (nSPS) is 18.8. The average molecular weight is 343 g/mol. The molecule has 0 spiro atoms. The van der Waals surface area contributed by atoms with Crippen LogP contribution in [0.25, 0.3) is 0 Å². The van der Waals surface area contributed by atoms with Crippen molar-refractivity contribution >= 4 is 21.6 Å².